The minimum Gasteiger partial charge on any atom is -0.507 e. The molecule has 2 aliphatic carbocycles. The van der Waals surface area contributed by atoms with Crippen LogP contribution in [0.25, 0.3) is 0 Å². The van der Waals surface area contributed by atoms with E-state index in [2.05, 4.69) is 0 Å². The second kappa shape index (κ2) is 9.33. The number of hydrogen-bond donors (Lipinski definition) is 5. The van der Waals surface area contributed by atoms with E-state index in [0.717, 1.165) is 0 Å². The Morgan fingerprint density at radius 2 is 1.73 bits per heavy atom. The fourth-order valence-corrected chi connectivity index (χ4v) is 7.00. The van der Waals surface area contributed by atoms with Crippen molar-refractivity contribution in [1.82, 2.24) is 0 Å². The standard InChI is InChI=1S/C28H32O12/c1-9-14(29)4-5-18(38-9)40-16-8-15-20-23(28(16,36)11(3)39-15)27(35)22-21(26(20)34)24(32)13-6-12(7-17(30)31)37-10(2)19(13)25(22)33/h9-12,14-16,18,29,34-36H,4-8H2,1-3H3,(H,30,31)/t9-,10-,11+,12+,14-,15-,16+,18-,28-/m0/s1. The van der Waals surface area contributed by atoms with Gasteiger partial charge in [-0.1, -0.05) is 0 Å². The van der Waals surface area contributed by atoms with Gasteiger partial charge in [0.2, 0.25) is 0 Å². The molecule has 216 valence electrons. The fraction of sp³-hybridized carbons (Fsp3) is 0.607. The van der Waals surface area contributed by atoms with Gasteiger partial charge in [-0.2, -0.15) is 0 Å². The van der Waals surface area contributed by atoms with E-state index >= 15 is 0 Å². The van der Waals surface area contributed by atoms with Crippen molar-refractivity contribution in [2.45, 2.75) is 107 Å². The Kier molecular flexibility index (Phi) is 6.37. The number of aliphatic carboxylic acids is 1. The van der Waals surface area contributed by atoms with Gasteiger partial charge in [-0.15, -0.1) is 0 Å². The number of ketones is 2. The predicted molar refractivity (Wildman–Crippen MR) is 133 cm³/mol. The highest BCUT2D eigenvalue weighted by atomic mass is 16.7. The maximum Gasteiger partial charge on any atom is 0.305 e. The number of Topliss-reactive ketones (excluding diaryl/α,β-unsaturated/α-hetero) is 2. The van der Waals surface area contributed by atoms with E-state index < -0.39 is 94.8 Å². The molecule has 1 aromatic rings. The van der Waals surface area contributed by atoms with Crippen LogP contribution in [0.3, 0.4) is 0 Å². The number of phenolic OH excluding ortho intramolecular Hbond substituents is 2. The Labute approximate surface area is 229 Å². The number of ether oxygens (including phenoxy) is 4. The number of aliphatic hydroxyl groups is 2. The lowest BCUT2D eigenvalue weighted by Gasteiger charge is -2.54. The van der Waals surface area contributed by atoms with Gasteiger partial charge >= 0.3 is 5.97 Å². The van der Waals surface area contributed by atoms with Crippen LogP contribution in [-0.4, -0.2) is 86.0 Å². The van der Waals surface area contributed by atoms with Crippen LogP contribution in [-0.2, 0) is 29.3 Å². The lowest BCUT2D eigenvalue weighted by molar-refractivity contribution is -0.311. The molecule has 0 aromatic heterocycles. The first-order valence-corrected chi connectivity index (χ1v) is 13.5. The van der Waals surface area contributed by atoms with Crippen LogP contribution in [0.15, 0.2) is 11.1 Å². The van der Waals surface area contributed by atoms with Crippen LogP contribution in [0.1, 0.15) is 90.8 Å². The minimum atomic E-state index is -2.01. The number of phenols is 2. The van der Waals surface area contributed by atoms with Crippen molar-refractivity contribution in [1.29, 1.82) is 0 Å². The summed E-state index contributed by atoms with van der Waals surface area (Å²) in [6.07, 6.45) is -6.05. The smallest absolute Gasteiger partial charge is 0.305 e. The number of fused-ring (bicyclic) bond motifs is 3. The van der Waals surface area contributed by atoms with Crippen LogP contribution in [0.2, 0.25) is 0 Å². The zero-order valence-electron chi connectivity index (χ0n) is 22.2. The summed E-state index contributed by atoms with van der Waals surface area (Å²) in [5, 5.41) is 54.3. The lowest BCUT2D eigenvalue weighted by Crippen LogP contribution is -2.60. The third-order valence-electron chi connectivity index (χ3n) is 8.97. The average Bonchev–Trinajstić information content (AvgIpc) is 2.87. The van der Waals surface area contributed by atoms with Crippen LogP contribution >= 0.6 is 0 Å². The molecular formula is C28H32O12. The van der Waals surface area contributed by atoms with Crippen molar-refractivity contribution in [2.75, 3.05) is 0 Å². The van der Waals surface area contributed by atoms with E-state index in [1.54, 1.807) is 13.8 Å². The maximum absolute atomic E-state index is 13.8. The predicted octanol–water partition coefficient (Wildman–Crippen LogP) is 1.75. The molecule has 9 atom stereocenters. The topological polar surface area (TPSA) is 189 Å². The van der Waals surface area contributed by atoms with Crippen molar-refractivity contribution in [3.8, 4) is 11.5 Å². The molecule has 0 unspecified atom stereocenters. The van der Waals surface area contributed by atoms with E-state index in [1.807, 2.05) is 0 Å². The number of benzene rings is 1. The van der Waals surface area contributed by atoms with Crippen molar-refractivity contribution in [3.05, 3.63) is 33.4 Å². The summed E-state index contributed by atoms with van der Waals surface area (Å²) < 4.78 is 23.6. The quantitative estimate of drug-likeness (QED) is 0.336. The molecule has 4 aliphatic heterocycles. The highest BCUT2D eigenvalue weighted by molar-refractivity contribution is 6.29. The monoisotopic (exact) mass is 560 g/mol. The van der Waals surface area contributed by atoms with E-state index in [9.17, 15) is 39.9 Å². The maximum atomic E-state index is 13.8. The fourth-order valence-electron chi connectivity index (χ4n) is 7.00. The second-order valence-corrected chi connectivity index (χ2v) is 11.4. The lowest BCUT2D eigenvalue weighted by atomic mass is 9.66. The molecule has 0 spiro atoms. The van der Waals surface area contributed by atoms with E-state index in [-0.39, 0.29) is 41.5 Å². The molecule has 0 amide bonds. The Morgan fingerprint density at radius 1 is 1.02 bits per heavy atom. The molecule has 0 saturated carbocycles. The SMILES string of the molecule is C[C@@H]1O[C@@H](CC(=O)O)CC2=C1C(=O)c1c(O)c3c(c(O)c1C2=O)[C@@H]1C[C@@H](O[C@H]2CC[C@H](O)[C@H](C)O2)[C@@]3(O)[C@@H](C)O1. The number of carbonyl (C=O) groups is 3. The Morgan fingerprint density at radius 3 is 2.40 bits per heavy atom. The van der Waals surface area contributed by atoms with Crippen LogP contribution in [0, 0.1) is 0 Å². The van der Waals surface area contributed by atoms with Crippen molar-refractivity contribution >= 4 is 17.5 Å². The minimum absolute atomic E-state index is 0.0115. The summed E-state index contributed by atoms with van der Waals surface area (Å²) in [6.45, 7) is 4.82. The molecule has 40 heavy (non-hydrogen) atoms. The van der Waals surface area contributed by atoms with E-state index in [0.29, 0.717) is 12.8 Å². The molecule has 2 fully saturated rings. The van der Waals surface area contributed by atoms with Gasteiger partial charge in [0.15, 0.2) is 17.9 Å². The number of aliphatic hydroxyl groups excluding tert-OH is 1. The van der Waals surface area contributed by atoms with E-state index in [4.69, 9.17) is 18.9 Å². The average molecular weight is 561 g/mol. The summed E-state index contributed by atoms with van der Waals surface area (Å²) in [4.78, 5) is 38.8. The van der Waals surface area contributed by atoms with Crippen molar-refractivity contribution < 1.29 is 58.9 Å². The Bertz CT molecular complexity index is 1350. The first kappa shape index (κ1) is 27.3. The third-order valence-corrected chi connectivity index (χ3v) is 8.97. The zero-order valence-corrected chi connectivity index (χ0v) is 22.2. The molecule has 7 rings (SSSR count). The second-order valence-electron chi connectivity index (χ2n) is 11.4. The van der Waals surface area contributed by atoms with Gasteiger partial charge in [-0.25, -0.2) is 0 Å². The molecule has 4 heterocycles. The number of hydrogen-bond acceptors (Lipinski definition) is 11. The molecular weight excluding hydrogens is 528 g/mol. The van der Waals surface area contributed by atoms with Crippen LogP contribution < -0.4 is 0 Å². The van der Waals surface area contributed by atoms with Gasteiger partial charge in [-0.3, -0.25) is 14.4 Å². The highest BCUT2D eigenvalue weighted by Gasteiger charge is 2.61. The normalized spacial score (nSPS) is 38.6. The first-order valence-electron chi connectivity index (χ1n) is 13.5. The molecule has 12 nitrogen and oxygen atoms in total. The van der Waals surface area contributed by atoms with Crippen LogP contribution in [0.5, 0.6) is 11.5 Å². The molecule has 6 aliphatic rings. The van der Waals surface area contributed by atoms with Gasteiger partial charge in [0.05, 0.1) is 60.3 Å². The highest BCUT2D eigenvalue weighted by Crippen LogP contribution is 2.60. The molecule has 2 bridgehead atoms. The number of aromatic hydroxyl groups is 2. The van der Waals surface area contributed by atoms with Crippen LogP contribution in [0.4, 0.5) is 0 Å². The van der Waals surface area contributed by atoms with Crippen molar-refractivity contribution in [3.63, 3.8) is 0 Å². The van der Waals surface area contributed by atoms with Gasteiger partial charge in [0, 0.05) is 41.5 Å². The number of carbonyl (C=O) groups excluding carboxylic acids is 2. The molecule has 12 heteroatoms. The Hall–Kier alpha value is -2.87. The van der Waals surface area contributed by atoms with Gasteiger partial charge in [0.1, 0.15) is 17.1 Å². The van der Waals surface area contributed by atoms with Gasteiger partial charge in [0.25, 0.3) is 0 Å². The molecule has 5 N–H and O–H groups in total. The number of carboxylic acids is 1. The van der Waals surface area contributed by atoms with Gasteiger partial charge in [-0.05, 0) is 27.2 Å². The summed E-state index contributed by atoms with van der Waals surface area (Å²) in [5.41, 5.74) is -2.94. The molecule has 2 saturated heterocycles. The summed E-state index contributed by atoms with van der Waals surface area (Å²) in [7, 11) is 0. The summed E-state index contributed by atoms with van der Waals surface area (Å²) in [6, 6.07) is 0. The van der Waals surface area contributed by atoms with Crippen molar-refractivity contribution in [2.24, 2.45) is 0 Å². The zero-order chi connectivity index (χ0) is 28.8. The molecule has 0 radical (unpaired) electrons. The number of rotatable bonds is 4. The third kappa shape index (κ3) is 3.77. The van der Waals surface area contributed by atoms with Gasteiger partial charge < -0.3 is 44.5 Å². The van der Waals surface area contributed by atoms with E-state index in [1.165, 1.54) is 6.92 Å². The summed E-state index contributed by atoms with van der Waals surface area (Å²) >= 11 is 0. The Balaban J connectivity index is 1.44. The largest absolute Gasteiger partial charge is 0.507 e. The molecule has 1 aromatic carbocycles. The summed E-state index contributed by atoms with van der Waals surface area (Å²) in [5.74, 6) is -3.78. The first-order chi connectivity index (χ1) is 18.8. The number of carboxylic acid groups (broad SMARTS) is 1.